The van der Waals surface area contributed by atoms with E-state index in [1.54, 1.807) is 20.8 Å². The topological polar surface area (TPSA) is 105 Å². The van der Waals surface area contributed by atoms with Crippen molar-refractivity contribution in [2.45, 2.75) is 50.5 Å². The summed E-state index contributed by atoms with van der Waals surface area (Å²) in [5.41, 5.74) is 3.77. The third-order valence-electron chi connectivity index (χ3n) is 3.73. The molecule has 0 aliphatic carbocycles. The highest BCUT2D eigenvalue weighted by molar-refractivity contribution is 7.89. The molecule has 1 heterocycles. The molecule has 1 saturated heterocycles. The number of rotatable bonds is 3. The quantitative estimate of drug-likeness (QED) is 0.777. The van der Waals surface area contributed by atoms with Gasteiger partial charge in [0.15, 0.2) is 0 Å². The summed E-state index contributed by atoms with van der Waals surface area (Å²) in [4.78, 5) is 23.8. The lowest BCUT2D eigenvalue weighted by Crippen LogP contribution is -2.44. The highest BCUT2D eigenvalue weighted by atomic mass is 32.2. The first kappa shape index (κ1) is 20.2. The van der Waals surface area contributed by atoms with Gasteiger partial charge in [0.05, 0.1) is 4.90 Å². The average Bonchev–Trinajstić information content (AvgIpc) is 2.59. The number of hydrogen-bond donors (Lipinski definition) is 2. The molecule has 2 amide bonds. The molecule has 8 nitrogen and oxygen atoms in total. The van der Waals surface area contributed by atoms with Gasteiger partial charge in [-0.2, -0.15) is 4.31 Å². The van der Waals surface area contributed by atoms with Gasteiger partial charge in [-0.15, -0.1) is 0 Å². The van der Waals surface area contributed by atoms with Gasteiger partial charge in [-0.3, -0.25) is 10.2 Å². The standard InChI is InChI=1S/C17H25N3O5S/c1-17(2,3)25-16(22)19-18-15(21)13-8-7-9-14(12-13)26(23,24)20-10-5-4-6-11-20/h7-9,12H,4-6,10-11H2,1-3H3,(H,18,21)(H,19,22). The van der Waals surface area contributed by atoms with Crippen LogP contribution in [0.5, 0.6) is 0 Å². The smallest absolute Gasteiger partial charge is 0.426 e. The Morgan fingerprint density at radius 2 is 1.73 bits per heavy atom. The van der Waals surface area contributed by atoms with Crippen molar-refractivity contribution in [3.63, 3.8) is 0 Å². The maximum Gasteiger partial charge on any atom is 0.426 e. The van der Waals surface area contributed by atoms with Crippen LogP contribution >= 0.6 is 0 Å². The van der Waals surface area contributed by atoms with E-state index in [0.717, 1.165) is 19.3 Å². The Morgan fingerprint density at radius 3 is 2.35 bits per heavy atom. The lowest BCUT2D eigenvalue weighted by Gasteiger charge is -2.26. The van der Waals surface area contributed by atoms with Crippen molar-refractivity contribution >= 4 is 22.0 Å². The first-order valence-corrected chi connectivity index (χ1v) is 9.93. The van der Waals surface area contributed by atoms with Gasteiger partial charge in [0.25, 0.3) is 5.91 Å². The van der Waals surface area contributed by atoms with Gasteiger partial charge in [-0.05, 0) is 51.8 Å². The molecular weight excluding hydrogens is 358 g/mol. The predicted octanol–water partition coefficient (Wildman–Crippen LogP) is 2.03. The fourth-order valence-corrected chi connectivity index (χ4v) is 4.10. The van der Waals surface area contributed by atoms with Crippen LogP contribution in [-0.2, 0) is 14.8 Å². The SMILES string of the molecule is CC(C)(C)OC(=O)NNC(=O)c1cccc(S(=O)(=O)N2CCCCC2)c1. The highest BCUT2D eigenvalue weighted by Crippen LogP contribution is 2.21. The van der Waals surface area contributed by atoms with Crippen LogP contribution in [0.1, 0.15) is 50.4 Å². The first-order chi connectivity index (χ1) is 12.1. The monoisotopic (exact) mass is 383 g/mol. The number of sulfonamides is 1. The van der Waals surface area contributed by atoms with Gasteiger partial charge in [0, 0.05) is 18.7 Å². The number of hydrazine groups is 1. The van der Waals surface area contributed by atoms with Gasteiger partial charge < -0.3 is 4.74 Å². The number of carbonyl (C=O) groups is 2. The fourth-order valence-electron chi connectivity index (χ4n) is 2.54. The van der Waals surface area contributed by atoms with Crippen LogP contribution in [0.3, 0.4) is 0 Å². The van der Waals surface area contributed by atoms with Crippen molar-refractivity contribution in [3.8, 4) is 0 Å². The van der Waals surface area contributed by atoms with Gasteiger partial charge >= 0.3 is 6.09 Å². The molecule has 0 saturated carbocycles. The zero-order chi connectivity index (χ0) is 19.4. The second-order valence-electron chi connectivity index (χ2n) is 7.07. The van der Waals surface area contributed by atoms with E-state index in [2.05, 4.69) is 10.9 Å². The van der Waals surface area contributed by atoms with Crippen molar-refractivity contribution in [2.75, 3.05) is 13.1 Å². The van der Waals surface area contributed by atoms with Crippen LogP contribution in [-0.4, -0.2) is 43.4 Å². The molecule has 0 bridgehead atoms. The Labute approximate surface area is 153 Å². The summed E-state index contributed by atoms with van der Waals surface area (Å²) in [6.45, 7) is 6.06. The zero-order valence-corrected chi connectivity index (χ0v) is 16.1. The number of ether oxygens (including phenoxy) is 1. The second-order valence-corrected chi connectivity index (χ2v) is 9.01. The molecule has 26 heavy (non-hydrogen) atoms. The highest BCUT2D eigenvalue weighted by Gasteiger charge is 2.26. The molecule has 0 aromatic heterocycles. The minimum absolute atomic E-state index is 0.0596. The summed E-state index contributed by atoms with van der Waals surface area (Å²) >= 11 is 0. The summed E-state index contributed by atoms with van der Waals surface area (Å²) in [5.74, 6) is -0.633. The average molecular weight is 383 g/mol. The lowest BCUT2D eigenvalue weighted by molar-refractivity contribution is 0.0483. The van der Waals surface area contributed by atoms with Gasteiger partial charge in [-0.25, -0.2) is 18.6 Å². The number of amides is 2. The molecular formula is C17H25N3O5S. The molecule has 0 atom stereocenters. The molecule has 144 valence electrons. The van der Waals surface area contributed by atoms with E-state index < -0.39 is 27.6 Å². The largest absolute Gasteiger partial charge is 0.443 e. The van der Waals surface area contributed by atoms with E-state index in [4.69, 9.17) is 4.74 Å². The Hall–Kier alpha value is -2.13. The Bertz CT molecular complexity index is 765. The molecule has 1 aromatic rings. The molecule has 2 rings (SSSR count). The van der Waals surface area contributed by atoms with Crippen molar-refractivity contribution in [1.82, 2.24) is 15.2 Å². The van der Waals surface area contributed by atoms with Crippen molar-refractivity contribution in [3.05, 3.63) is 29.8 Å². The lowest BCUT2D eigenvalue weighted by atomic mass is 10.2. The molecule has 0 radical (unpaired) electrons. The van der Waals surface area contributed by atoms with E-state index in [1.807, 2.05) is 0 Å². The third kappa shape index (κ3) is 5.43. The third-order valence-corrected chi connectivity index (χ3v) is 5.62. The normalized spacial score (nSPS) is 16.0. The van der Waals surface area contributed by atoms with Crippen LogP contribution in [0.4, 0.5) is 4.79 Å². The van der Waals surface area contributed by atoms with Crippen molar-refractivity contribution in [2.24, 2.45) is 0 Å². The molecule has 1 aromatic carbocycles. The first-order valence-electron chi connectivity index (χ1n) is 8.49. The van der Waals surface area contributed by atoms with Gasteiger partial charge in [0.2, 0.25) is 10.0 Å². The van der Waals surface area contributed by atoms with Crippen molar-refractivity contribution in [1.29, 1.82) is 0 Å². The van der Waals surface area contributed by atoms with Crippen LogP contribution in [0, 0.1) is 0 Å². The van der Waals surface area contributed by atoms with Crippen LogP contribution in [0.25, 0.3) is 0 Å². The maximum absolute atomic E-state index is 12.7. The molecule has 0 unspecified atom stereocenters. The molecule has 1 aliphatic heterocycles. The minimum Gasteiger partial charge on any atom is -0.443 e. The minimum atomic E-state index is -3.63. The van der Waals surface area contributed by atoms with E-state index in [-0.39, 0.29) is 10.5 Å². The van der Waals surface area contributed by atoms with Gasteiger partial charge in [-0.1, -0.05) is 12.5 Å². The number of carbonyl (C=O) groups excluding carboxylic acids is 2. The number of piperidine rings is 1. The number of nitrogens with one attached hydrogen (secondary N) is 2. The van der Waals surface area contributed by atoms with E-state index in [0.29, 0.717) is 13.1 Å². The summed E-state index contributed by atoms with van der Waals surface area (Å²) < 4.78 is 31.8. The molecule has 1 aliphatic rings. The van der Waals surface area contributed by atoms with Crippen molar-refractivity contribution < 1.29 is 22.7 Å². The number of benzene rings is 1. The van der Waals surface area contributed by atoms with Gasteiger partial charge in [0.1, 0.15) is 5.60 Å². The van der Waals surface area contributed by atoms with E-state index in [1.165, 1.54) is 28.6 Å². The predicted molar refractivity (Wildman–Crippen MR) is 95.9 cm³/mol. The summed E-state index contributed by atoms with van der Waals surface area (Å²) in [6.07, 6.45) is 1.88. The van der Waals surface area contributed by atoms with E-state index >= 15 is 0 Å². The maximum atomic E-state index is 12.7. The molecule has 9 heteroatoms. The van der Waals surface area contributed by atoms with Crippen LogP contribution < -0.4 is 10.9 Å². The van der Waals surface area contributed by atoms with E-state index in [9.17, 15) is 18.0 Å². The number of hydrogen-bond acceptors (Lipinski definition) is 5. The molecule has 0 spiro atoms. The Morgan fingerprint density at radius 1 is 1.08 bits per heavy atom. The second kappa shape index (κ2) is 8.05. The van der Waals surface area contributed by atoms with Crippen LogP contribution in [0.2, 0.25) is 0 Å². The Kier molecular flexibility index (Phi) is 6.25. The zero-order valence-electron chi connectivity index (χ0n) is 15.2. The fraction of sp³-hybridized carbons (Fsp3) is 0.529. The summed E-state index contributed by atoms with van der Waals surface area (Å²) in [7, 11) is -3.63. The summed E-state index contributed by atoms with van der Waals surface area (Å²) in [5, 5.41) is 0. The Balaban J connectivity index is 2.06. The summed E-state index contributed by atoms with van der Waals surface area (Å²) in [6, 6.07) is 5.73. The number of nitrogens with zero attached hydrogens (tertiary/aromatic N) is 1. The van der Waals surface area contributed by atoms with Crippen LogP contribution in [0.15, 0.2) is 29.2 Å². The molecule has 2 N–H and O–H groups in total. The molecule has 1 fully saturated rings.